The molecule has 1 aromatic rings. The summed E-state index contributed by atoms with van der Waals surface area (Å²) < 4.78 is 0. The van der Waals surface area contributed by atoms with Crippen LogP contribution in [0.5, 0.6) is 0 Å². The van der Waals surface area contributed by atoms with E-state index in [1.807, 2.05) is 7.05 Å². The third-order valence-corrected chi connectivity index (χ3v) is 3.78. The zero-order chi connectivity index (χ0) is 14.4. The van der Waals surface area contributed by atoms with Crippen molar-refractivity contribution in [2.45, 2.75) is 39.0 Å². The fourth-order valence-electron chi connectivity index (χ4n) is 2.64. The molecule has 1 saturated carbocycles. The molecule has 0 atom stereocenters. The molecule has 1 N–H and O–H groups in total. The van der Waals surface area contributed by atoms with Gasteiger partial charge in [-0.3, -0.25) is 4.79 Å². The normalized spacial score (nSPS) is 15.3. The zero-order valence-corrected chi connectivity index (χ0v) is 12.4. The van der Waals surface area contributed by atoms with Crippen molar-refractivity contribution < 1.29 is 4.79 Å². The number of hydrogen-bond acceptors (Lipinski definition) is 4. The maximum absolute atomic E-state index is 12.3. The summed E-state index contributed by atoms with van der Waals surface area (Å²) in [6.45, 7) is 3.79. The zero-order valence-electron chi connectivity index (χ0n) is 12.4. The van der Waals surface area contributed by atoms with Crippen molar-refractivity contribution in [3.63, 3.8) is 0 Å². The molecule has 0 aliphatic heterocycles. The van der Waals surface area contributed by atoms with Gasteiger partial charge in [0.15, 0.2) is 0 Å². The Morgan fingerprint density at radius 3 is 2.70 bits per heavy atom. The molecule has 0 aromatic carbocycles. The second-order valence-electron chi connectivity index (χ2n) is 5.55. The lowest BCUT2D eigenvalue weighted by atomic mass is 10.1. The number of carbonyl (C=O) groups excluding carboxylic acids is 1. The lowest BCUT2D eigenvalue weighted by Crippen LogP contribution is -2.31. The van der Waals surface area contributed by atoms with Crippen LogP contribution in [0, 0.1) is 5.92 Å². The summed E-state index contributed by atoms with van der Waals surface area (Å²) in [4.78, 5) is 22.5. The fraction of sp³-hybridized carbons (Fsp3) is 0.667. The molecule has 0 bridgehead atoms. The van der Waals surface area contributed by atoms with Gasteiger partial charge in [0.25, 0.3) is 5.91 Å². The van der Waals surface area contributed by atoms with Gasteiger partial charge in [-0.2, -0.15) is 0 Å². The Hall–Kier alpha value is -1.65. The van der Waals surface area contributed by atoms with E-state index in [-0.39, 0.29) is 5.91 Å². The second-order valence-corrected chi connectivity index (χ2v) is 5.55. The van der Waals surface area contributed by atoms with Gasteiger partial charge in [0.2, 0.25) is 0 Å². The van der Waals surface area contributed by atoms with E-state index in [1.165, 1.54) is 25.7 Å². The molecule has 1 heterocycles. The molecular weight excluding hydrogens is 252 g/mol. The molecule has 1 aliphatic carbocycles. The lowest BCUT2D eigenvalue weighted by molar-refractivity contribution is 0.0767. The molecule has 5 nitrogen and oxygen atoms in total. The fourth-order valence-corrected chi connectivity index (χ4v) is 2.64. The van der Waals surface area contributed by atoms with Crippen LogP contribution in [-0.2, 0) is 0 Å². The van der Waals surface area contributed by atoms with E-state index in [2.05, 4.69) is 22.2 Å². The summed E-state index contributed by atoms with van der Waals surface area (Å²) in [6, 6.07) is 0. The van der Waals surface area contributed by atoms with Crippen molar-refractivity contribution in [2.75, 3.05) is 25.5 Å². The van der Waals surface area contributed by atoms with E-state index in [0.717, 1.165) is 25.3 Å². The van der Waals surface area contributed by atoms with Gasteiger partial charge < -0.3 is 10.2 Å². The minimum Gasteiger partial charge on any atom is -0.369 e. The Kier molecular flexibility index (Phi) is 5.32. The number of rotatable bonds is 6. The maximum atomic E-state index is 12.3. The first kappa shape index (κ1) is 14.8. The number of nitrogens with one attached hydrogen (secondary N) is 1. The molecule has 0 saturated heterocycles. The van der Waals surface area contributed by atoms with Crippen molar-refractivity contribution >= 4 is 11.7 Å². The molecule has 0 spiro atoms. The second kappa shape index (κ2) is 7.22. The van der Waals surface area contributed by atoms with Crippen LogP contribution < -0.4 is 5.32 Å². The SMILES string of the molecule is CCCNc1cnc(C(=O)N(C)CC2CCCC2)cn1. The van der Waals surface area contributed by atoms with Crippen LogP contribution in [0.1, 0.15) is 49.5 Å². The highest BCUT2D eigenvalue weighted by Gasteiger charge is 2.21. The molecule has 110 valence electrons. The first-order valence-corrected chi connectivity index (χ1v) is 7.52. The average molecular weight is 276 g/mol. The molecule has 5 heteroatoms. The molecule has 1 aliphatic rings. The van der Waals surface area contributed by atoms with E-state index in [1.54, 1.807) is 17.3 Å². The van der Waals surface area contributed by atoms with E-state index < -0.39 is 0 Å². The van der Waals surface area contributed by atoms with Gasteiger partial charge in [-0.25, -0.2) is 9.97 Å². The van der Waals surface area contributed by atoms with Gasteiger partial charge in [-0.1, -0.05) is 19.8 Å². The van der Waals surface area contributed by atoms with Crippen LogP contribution in [0.2, 0.25) is 0 Å². The summed E-state index contributed by atoms with van der Waals surface area (Å²) in [5.74, 6) is 1.34. The molecular formula is C15H24N4O. The molecule has 1 aromatic heterocycles. The number of amides is 1. The first-order chi connectivity index (χ1) is 9.70. The average Bonchev–Trinajstić information content (AvgIpc) is 2.97. The van der Waals surface area contributed by atoms with Crippen LogP contribution in [-0.4, -0.2) is 40.9 Å². The lowest BCUT2D eigenvalue weighted by Gasteiger charge is -2.20. The number of aromatic nitrogens is 2. The molecule has 1 fully saturated rings. The van der Waals surface area contributed by atoms with Crippen molar-refractivity contribution in [1.29, 1.82) is 0 Å². The minimum absolute atomic E-state index is 0.0357. The van der Waals surface area contributed by atoms with Gasteiger partial charge in [0.05, 0.1) is 12.4 Å². The maximum Gasteiger partial charge on any atom is 0.273 e. The number of carbonyl (C=O) groups is 1. The Morgan fingerprint density at radius 1 is 1.35 bits per heavy atom. The van der Waals surface area contributed by atoms with Crippen LogP contribution in [0.3, 0.4) is 0 Å². The Balaban J connectivity index is 1.90. The summed E-state index contributed by atoms with van der Waals surface area (Å²) in [5.41, 5.74) is 0.424. The first-order valence-electron chi connectivity index (χ1n) is 7.52. The molecule has 0 radical (unpaired) electrons. The van der Waals surface area contributed by atoms with Crippen LogP contribution in [0.4, 0.5) is 5.82 Å². The number of anilines is 1. The van der Waals surface area contributed by atoms with Crippen molar-refractivity contribution in [1.82, 2.24) is 14.9 Å². The smallest absolute Gasteiger partial charge is 0.273 e. The van der Waals surface area contributed by atoms with Gasteiger partial charge in [0.1, 0.15) is 11.5 Å². The number of nitrogens with zero attached hydrogens (tertiary/aromatic N) is 3. The number of hydrogen-bond donors (Lipinski definition) is 1. The Morgan fingerprint density at radius 2 is 2.10 bits per heavy atom. The highest BCUT2D eigenvalue weighted by Crippen LogP contribution is 2.25. The molecule has 0 unspecified atom stereocenters. The van der Waals surface area contributed by atoms with Crippen molar-refractivity contribution in [3.05, 3.63) is 18.1 Å². The van der Waals surface area contributed by atoms with E-state index >= 15 is 0 Å². The van der Waals surface area contributed by atoms with Crippen LogP contribution in [0.25, 0.3) is 0 Å². The predicted molar refractivity (Wildman–Crippen MR) is 79.7 cm³/mol. The highest BCUT2D eigenvalue weighted by atomic mass is 16.2. The third kappa shape index (κ3) is 3.92. The van der Waals surface area contributed by atoms with E-state index in [9.17, 15) is 4.79 Å². The Labute approximate surface area is 120 Å². The van der Waals surface area contributed by atoms with Crippen LogP contribution in [0.15, 0.2) is 12.4 Å². The predicted octanol–water partition coefficient (Wildman–Crippen LogP) is 2.56. The van der Waals surface area contributed by atoms with E-state index in [0.29, 0.717) is 11.6 Å². The van der Waals surface area contributed by atoms with Gasteiger partial charge in [0, 0.05) is 20.1 Å². The van der Waals surface area contributed by atoms with Crippen LogP contribution >= 0.6 is 0 Å². The summed E-state index contributed by atoms with van der Waals surface area (Å²) in [5, 5.41) is 3.15. The minimum atomic E-state index is -0.0357. The topological polar surface area (TPSA) is 58.1 Å². The monoisotopic (exact) mass is 276 g/mol. The van der Waals surface area contributed by atoms with Gasteiger partial charge >= 0.3 is 0 Å². The quantitative estimate of drug-likeness (QED) is 0.867. The molecule has 2 rings (SSSR count). The third-order valence-electron chi connectivity index (χ3n) is 3.78. The van der Waals surface area contributed by atoms with Gasteiger partial charge in [-0.15, -0.1) is 0 Å². The Bertz CT molecular complexity index is 426. The van der Waals surface area contributed by atoms with E-state index in [4.69, 9.17) is 0 Å². The highest BCUT2D eigenvalue weighted by molar-refractivity contribution is 5.91. The van der Waals surface area contributed by atoms with Gasteiger partial charge in [-0.05, 0) is 25.2 Å². The largest absolute Gasteiger partial charge is 0.369 e. The molecule has 1 amide bonds. The summed E-state index contributed by atoms with van der Waals surface area (Å²) >= 11 is 0. The molecule has 20 heavy (non-hydrogen) atoms. The summed E-state index contributed by atoms with van der Waals surface area (Å²) in [6.07, 6.45) is 9.30. The standard InChI is InChI=1S/C15H24N4O/c1-3-8-16-14-10-17-13(9-18-14)15(20)19(2)11-12-6-4-5-7-12/h9-10,12H,3-8,11H2,1-2H3,(H,16,18). The van der Waals surface area contributed by atoms with Crippen molar-refractivity contribution in [2.24, 2.45) is 5.92 Å². The van der Waals surface area contributed by atoms with Crippen molar-refractivity contribution in [3.8, 4) is 0 Å². The summed E-state index contributed by atoms with van der Waals surface area (Å²) in [7, 11) is 1.85.